The summed E-state index contributed by atoms with van der Waals surface area (Å²) in [5.41, 5.74) is 1.88. The van der Waals surface area contributed by atoms with E-state index in [4.69, 9.17) is 0 Å². The van der Waals surface area contributed by atoms with Crippen LogP contribution < -0.4 is 0 Å². The van der Waals surface area contributed by atoms with Crippen LogP contribution in [0.3, 0.4) is 0 Å². The average molecular weight is 174 g/mol. The second kappa shape index (κ2) is 2.94. The number of aromatic hydroxyl groups is 1. The molecule has 1 N–H and O–H groups in total. The number of imidazole rings is 1. The van der Waals surface area contributed by atoms with E-state index in [1.165, 1.54) is 0 Å². The number of benzene rings is 1. The molecule has 0 atom stereocenters. The van der Waals surface area contributed by atoms with E-state index in [2.05, 4.69) is 4.98 Å². The predicted molar refractivity (Wildman–Crippen MR) is 50.0 cm³/mol. The summed E-state index contributed by atoms with van der Waals surface area (Å²) in [7, 11) is 0. The van der Waals surface area contributed by atoms with Crippen molar-refractivity contribution < 1.29 is 5.11 Å². The summed E-state index contributed by atoms with van der Waals surface area (Å²) < 4.78 is 1.87. The van der Waals surface area contributed by atoms with Crippen LogP contribution in [0.15, 0.2) is 36.8 Å². The maximum absolute atomic E-state index is 9.25. The first kappa shape index (κ1) is 7.86. The summed E-state index contributed by atoms with van der Waals surface area (Å²) in [5, 5.41) is 9.25. The number of aromatic nitrogens is 2. The van der Waals surface area contributed by atoms with Gasteiger partial charge in [-0.25, -0.2) is 4.98 Å². The van der Waals surface area contributed by atoms with E-state index in [9.17, 15) is 5.11 Å². The molecule has 13 heavy (non-hydrogen) atoms. The lowest BCUT2D eigenvalue weighted by Crippen LogP contribution is -1.88. The van der Waals surface area contributed by atoms with Gasteiger partial charge >= 0.3 is 0 Å². The monoisotopic (exact) mass is 174 g/mol. The molecular weight excluding hydrogens is 164 g/mol. The Kier molecular flexibility index (Phi) is 1.77. The van der Waals surface area contributed by atoms with Crippen LogP contribution >= 0.6 is 0 Å². The largest absolute Gasteiger partial charge is 0.508 e. The summed E-state index contributed by atoms with van der Waals surface area (Å²) in [6.45, 7) is 1.93. The van der Waals surface area contributed by atoms with Gasteiger partial charge in [-0.15, -0.1) is 0 Å². The molecule has 2 rings (SSSR count). The number of rotatable bonds is 1. The second-order valence-electron chi connectivity index (χ2n) is 2.94. The lowest BCUT2D eigenvalue weighted by molar-refractivity contribution is 0.475. The van der Waals surface area contributed by atoms with Crippen LogP contribution in [-0.4, -0.2) is 14.7 Å². The molecule has 1 aromatic heterocycles. The Morgan fingerprint density at radius 2 is 2.23 bits per heavy atom. The van der Waals surface area contributed by atoms with Gasteiger partial charge in [0.2, 0.25) is 0 Å². The molecule has 0 aliphatic rings. The highest BCUT2D eigenvalue weighted by molar-refractivity contribution is 5.38. The van der Waals surface area contributed by atoms with Crippen molar-refractivity contribution in [2.45, 2.75) is 6.92 Å². The van der Waals surface area contributed by atoms with Crippen LogP contribution in [-0.2, 0) is 0 Å². The van der Waals surface area contributed by atoms with E-state index in [0.717, 1.165) is 11.4 Å². The minimum absolute atomic E-state index is 0.267. The number of phenolic OH excluding ortho intramolecular Hbond substituents is 1. The molecule has 0 aliphatic heterocycles. The first-order valence-electron chi connectivity index (χ1n) is 4.06. The molecule has 0 amide bonds. The molecule has 0 fully saturated rings. The second-order valence-corrected chi connectivity index (χ2v) is 2.94. The molecule has 0 saturated carbocycles. The molecule has 0 aliphatic carbocycles. The molecule has 0 radical (unpaired) electrons. The topological polar surface area (TPSA) is 38.0 Å². The van der Waals surface area contributed by atoms with Crippen LogP contribution in [0.4, 0.5) is 0 Å². The molecule has 3 nitrogen and oxygen atoms in total. The zero-order chi connectivity index (χ0) is 9.26. The van der Waals surface area contributed by atoms with E-state index < -0.39 is 0 Å². The zero-order valence-electron chi connectivity index (χ0n) is 7.31. The van der Waals surface area contributed by atoms with E-state index in [0.29, 0.717) is 0 Å². The number of hydrogen-bond donors (Lipinski definition) is 1. The summed E-state index contributed by atoms with van der Waals surface area (Å²) in [4.78, 5) is 4.10. The molecule has 1 heterocycles. The highest BCUT2D eigenvalue weighted by atomic mass is 16.3. The normalized spacial score (nSPS) is 10.2. The van der Waals surface area contributed by atoms with E-state index >= 15 is 0 Å². The molecule has 2 aromatic rings. The summed E-state index contributed by atoms with van der Waals surface area (Å²) >= 11 is 0. The Labute approximate surface area is 76.3 Å². The molecule has 66 valence electrons. The van der Waals surface area contributed by atoms with E-state index in [1.54, 1.807) is 24.5 Å². The minimum atomic E-state index is 0.267. The molecule has 0 bridgehead atoms. The van der Waals surface area contributed by atoms with Crippen molar-refractivity contribution in [3.63, 3.8) is 0 Å². The van der Waals surface area contributed by atoms with Crippen molar-refractivity contribution >= 4 is 0 Å². The third kappa shape index (κ3) is 1.54. The van der Waals surface area contributed by atoms with E-state index in [1.807, 2.05) is 23.8 Å². The lowest BCUT2D eigenvalue weighted by atomic mass is 10.3. The van der Waals surface area contributed by atoms with Gasteiger partial charge in [-0.1, -0.05) is 6.07 Å². The number of phenols is 1. The molecule has 3 heteroatoms. The molecular formula is C10H10N2O. The van der Waals surface area contributed by atoms with E-state index in [-0.39, 0.29) is 5.75 Å². The van der Waals surface area contributed by atoms with Crippen LogP contribution in [0.25, 0.3) is 5.69 Å². The average Bonchev–Trinajstić information content (AvgIpc) is 2.52. The smallest absolute Gasteiger partial charge is 0.117 e. The van der Waals surface area contributed by atoms with Gasteiger partial charge in [0.05, 0.1) is 17.7 Å². The van der Waals surface area contributed by atoms with Gasteiger partial charge in [-0.2, -0.15) is 0 Å². The van der Waals surface area contributed by atoms with Gasteiger partial charge in [0, 0.05) is 12.3 Å². The van der Waals surface area contributed by atoms with Crippen molar-refractivity contribution in [3.8, 4) is 11.4 Å². The van der Waals surface area contributed by atoms with Crippen LogP contribution in [0.1, 0.15) is 5.69 Å². The standard InChI is InChI=1S/C10H10N2O/c1-8-6-12(7-11-8)9-3-2-4-10(13)5-9/h2-7,13H,1H3. The molecule has 1 aromatic carbocycles. The van der Waals surface area contributed by atoms with Gasteiger partial charge in [0.1, 0.15) is 5.75 Å². The SMILES string of the molecule is Cc1cn(-c2cccc(O)c2)cn1. The summed E-state index contributed by atoms with van der Waals surface area (Å²) in [6.07, 6.45) is 3.64. The Hall–Kier alpha value is -1.77. The molecule has 0 unspecified atom stereocenters. The van der Waals surface area contributed by atoms with Gasteiger partial charge in [-0.05, 0) is 19.1 Å². The van der Waals surface area contributed by atoms with Crippen molar-refractivity contribution in [2.75, 3.05) is 0 Å². The number of hydrogen-bond acceptors (Lipinski definition) is 2. The Balaban J connectivity index is 2.46. The zero-order valence-corrected chi connectivity index (χ0v) is 7.31. The highest BCUT2D eigenvalue weighted by Gasteiger charge is 1.97. The number of nitrogens with zero attached hydrogens (tertiary/aromatic N) is 2. The maximum atomic E-state index is 9.25. The Morgan fingerprint density at radius 1 is 1.38 bits per heavy atom. The van der Waals surface area contributed by atoms with Gasteiger partial charge in [-0.3, -0.25) is 0 Å². The predicted octanol–water partition coefficient (Wildman–Crippen LogP) is 1.89. The van der Waals surface area contributed by atoms with Crippen LogP contribution in [0.5, 0.6) is 5.75 Å². The first-order chi connectivity index (χ1) is 6.25. The van der Waals surface area contributed by atoms with Crippen molar-refractivity contribution in [1.29, 1.82) is 0 Å². The maximum Gasteiger partial charge on any atom is 0.117 e. The van der Waals surface area contributed by atoms with Crippen molar-refractivity contribution in [2.24, 2.45) is 0 Å². The fourth-order valence-corrected chi connectivity index (χ4v) is 1.22. The van der Waals surface area contributed by atoms with Crippen LogP contribution in [0, 0.1) is 6.92 Å². The quantitative estimate of drug-likeness (QED) is 0.716. The summed E-state index contributed by atoms with van der Waals surface area (Å²) in [6, 6.07) is 7.06. The fourth-order valence-electron chi connectivity index (χ4n) is 1.22. The minimum Gasteiger partial charge on any atom is -0.508 e. The van der Waals surface area contributed by atoms with Gasteiger partial charge in [0.15, 0.2) is 0 Å². The van der Waals surface area contributed by atoms with Crippen LogP contribution in [0.2, 0.25) is 0 Å². The Bertz CT molecular complexity index is 420. The summed E-state index contributed by atoms with van der Waals surface area (Å²) in [5.74, 6) is 0.267. The number of aryl methyl sites for hydroxylation is 1. The van der Waals surface area contributed by atoms with Gasteiger partial charge < -0.3 is 9.67 Å². The highest BCUT2D eigenvalue weighted by Crippen LogP contribution is 2.14. The molecule has 0 spiro atoms. The fraction of sp³-hybridized carbons (Fsp3) is 0.100. The van der Waals surface area contributed by atoms with Crippen molar-refractivity contribution in [3.05, 3.63) is 42.5 Å². The first-order valence-corrected chi connectivity index (χ1v) is 4.06. The van der Waals surface area contributed by atoms with Crippen molar-refractivity contribution in [1.82, 2.24) is 9.55 Å². The Morgan fingerprint density at radius 3 is 2.85 bits per heavy atom. The third-order valence-electron chi connectivity index (χ3n) is 1.84. The molecule has 0 saturated heterocycles. The van der Waals surface area contributed by atoms with Gasteiger partial charge in [0.25, 0.3) is 0 Å². The third-order valence-corrected chi connectivity index (χ3v) is 1.84. The lowest BCUT2D eigenvalue weighted by Gasteiger charge is -2.00.